The maximum absolute atomic E-state index is 11.1. The number of hydrogen-bond donors (Lipinski definition) is 0. The summed E-state index contributed by atoms with van der Waals surface area (Å²) in [6, 6.07) is 1.30. The van der Waals surface area contributed by atoms with Crippen molar-refractivity contribution < 1.29 is 18.8 Å². The largest absolute Gasteiger partial charge is 0.461 e. The van der Waals surface area contributed by atoms with Gasteiger partial charge in [-0.1, -0.05) is 12.1 Å². The average Bonchev–Trinajstić information content (AvgIpc) is 2.66. The molecule has 0 fully saturated rings. The molecule has 1 heterocycles. The summed E-state index contributed by atoms with van der Waals surface area (Å²) in [5.74, 6) is -0.671. The summed E-state index contributed by atoms with van der Waals surface area (Å²) in [6.07, 6.45) is 0.317. The third-order valence-electron chi connectivity index (χ3n) is 1.59. The number of carbonyl (C=O) groups is 2. The Morgan fingerprint density at radius 3 is 2.79 bits per heavy atom. The highest BCUT2D eigenvalue weighted by Crippen LogP contribution is 2.07. The molecule has 0 amide bonds. The summed E-state index contributed by atoms with van der Waals surface area (Å²) in [5.41, 5.74) is 0.0312. The Kier molecular flexibility index (Phi) is 3.39. The van der Waals surface area contributed by atoms with Gasteiger partial charge in [-0.2, -0.15) is 0 Å². The van der Waals surface area contributed by atoms with Crippen molar-refractivity contribution in [2.24, 2.45) is 0 Å². The highest BCUT2D eigenvalue weighted by Gasteiger charge is 2.16. The van der Waals surface area contributed by atoms with Crippen molar-refractivity contribution in [2.75, 3.05) is 6.61 Å². The summed E-state index contributed by atoms with van der Waals surface area (Å²) >= 11 is 0. The van der Waals surface area contributed by atoms with Crippen LogP contribution in [0.25, 0.3) is 0 Å². The van der Waals surface area contributed by atoms with Crippen LogP contribution in [0.15, 0.2) is 10.6 Å². The number of ether oxygens (including phenoxy) is 1. The number of nitrogens with zero attached hydrogens (tertiary/aromatic N) is 1. The van der Waals surface area contributed by atoms with Crippen LogP contribution in [-0.4, -0.2) is 23.5 Å². The van der Waals surface area contributed by atoms with E-state index in [0.717, 1.165) is 0 Å². The van der Waals surface area contributed by atoms with Crippen molar-refractivity contribution in [3.8, 4) is 0 Å². The molecule has 5 heteroatoms. The smallest absolute Gasteiger partial charge is 0.360 e. The fourth-order valence-electron chi connectivity index (χ4n) is 0.882. The topological polar surface area (TPSA) is 69.4 Å². The molecule has 0 bridgehead atoms. The van der Waals surface area contributed by atoms with Crippen LogP contribution in [-0.2, 0) is 4.74 Å². The molecular weight excluding hydrogens is 186 g/mol. The lowest BCUT2D eigenvalue weighted by molar-refractivity contribution is 0.0514. The lowest BCUT2D eigenvalue weighted by Gasteiger charge is -1.94. The molecule has 0 radical (unpaired) electrons. The SMILES string of the molecule is CCOC(=O)c1cc(C(=O)CC)on1. The Labute approximate surface area is 81.0 Å². The van der Waals surface area contributed by atoms with E-state index in [4.69, 9.17) is 0 Å². The van der Waals surface area contributed by atoms with Gasteiger partial charge in [-0.3, -0.25) is 4.79 Å². The van der Waals surface area contributed by atoms with E-state index < -0.39 is 5.97 Å². The van der Waals surface area contributed by atoms with Crippen LogP contribution in [0.1, 0.15) is 41.3 Å². The molecule has 0 aliphatic carbocycles. The van der Waals surface area contributed by atoms with Crippen LogP contribution in [0, 0.1) is 0 Å². The van der Waals surface area contributed by atoms with E-state index in [-0.39, 0.29) is 23.8 Å². The van der Waals surface area contributed by atoms with Crippen LogP contribution < -0.4 is 0 Å². The van der Waals surface area contributed by atoms with E-state index in [2.05, 4.69) is 14.4 Å². The molecule has 5 nitrogen and oxygen atoms in total. The number of carbonyl (C=O) groups excluding carboxylic acids is 2. The van der Waals surface area contributed by atoms with Crippen molar-refractivity contribution in [1.29, 1.82) is 0 Å². The first kappa shape index (κ1) is 10.4. The minimum absolute atomic E-state index is 0.0312. The van der Waals surface area contributed by atoms with Gasteiger partial charge in [-0.15, -0.1) is 0 Å². The van der Waals surface area contributed by atoms with Crippen molar-refractivity contribution >= 4 is 11.8 Å². The maximum Gasteiger partial charge on any atom is 0.360 e. The summed E-state index contributed by atoms with van der Waals surface area (Å²) in [6.45, 7) is 3.66. The van der Waals surface area contributed by atoms with E-state index >= 15 is 0 Å². The lowest BCUT2D eigenvalue weighted by atomic mass is 10.2. The van der Waals surface area contributed by atoms with E-state index in [0.29, 0.717) is 6.42 Å². The second-order valence-corrected chi connectivity index (χ2v) is 2.57. The zero-order valence-corrected chi connectivity index (χ0v) is 8.07. The number of ketones is 1. The van der Waals surface area contributed by atoms with E-state index in [1.165, 1.54) is 6.07 Å². The van der Waals surface area contributed by atoms with Crippen LogP contribution in [0.3, 0.4) is 0 Å². The Balaban J connectivity index is 2.77. The zero-order chi connectivity index (χ0) is 10.6. The van der Waals surface area contributed by atoms with Crippen molar-refractivity contribution in [2.45, 2.75) is 20.3 Å². The molecule has 0 aromatic carbocycles. The molecule has 14 heavy (non-hydrogen) atoms. The third kappa shape index (κ3) is 2.18. The number of esters is 1. The van der Waals surface area contributed by atoms with Gasteiger partial charge in [0, 0.05) is 12.5 Å². The number of rotatable bonds is 4. The first-order chi connectivity index (χ1) is 6.69. The highest BCUT2D eigenvalue weighted by molar-refractivity contribution is 5.96. The maximum atomic E-state index is 11.1. The van der Waals surface area contributed by atoms with E-state index in [1.54, 1.807) is 13.8 Å². The Bertz CT molecular complexity index is 342. The predicted octanol–water partition coefficient (Wildman–Crippen LogP) is 1.44. The zero-order valence-electron chi connectivity index (χ0n) is 8.07. The third-order valence-corrected chi connectivity index (χ3v) is 1.59. The van der Waals surface area contributed by atoms with Gasteiger partial charge in [0.05, 0.1) is 6.61 Å². The van der Waals surface area contributed by atoms with Crippen molar-refractivity contribution in [3.05, 3.63) is 17.5 Å². The molecule has 0 saturated carbocycles. The Hall–Kier alpha value is -1.65. The quantitative estimate of drug-likeness (QED) is 0.539. The summed E-state index contributed by atoms with van der Waals surface area (Å²) in [4.78, 5) is 22.2. The van der Waals surface area contributed by atoms with Gasteiger partial charge in [-0.25, -0.2) is 4.79 Å². The Morgan fingerprint density at radius 2 is 2.21 bits per heavy atom. The van der Waals surface area contributed by atoms with Crippen molar-refractivity contribution in [1.82, 2.24) is 5.16 Å². The second kappa shape index (κ2) is 4.55. The van der Waals surface area contributed by atoms with Crippen LogP contribution in [0.5, 0.6) is 0 Å². The molecule has 0 atom stereocenters. The summed E-state index contributed by atoms with van der Waals surface area (Å²) in [5, 5.41) is 3.43. The van der Waals surface area contributed by atoms with Gasteiger partial charge in [0.1, 0.15) is 0 Å². The first-order valence-corrected chi connectivity index (χ1v) is 4.36. The van der Waals surface area contributed by atoms with Crippen molar-refractivity contribution in [3.63, 3.8) is 0 Å². The van der Waals surface area contributed by atoms with Gasteiger partial charge in [0.15, 0.2) is 5.69 Å². The molecule has 0 aliphatic rings. The van der Waals surface area contributed by atoms with Gasteiger partial charge >= 0.3 is 5.97 Å². The first-order valence-electron chi connectivity index (χ1n) is 4.36. The summed E-state index contributed by atoms with van der Waals surface area (Å²) in [7, 11) is 0. The lowest BCUT2D eigenvalue weighted by Crippen LogP contribution is -2.04. The highest BCUT2D eigenvalue weighted by atomic mass is 16.5. The van der Waals surface area contributed by atoms with Crippen LogP contribution in [0.2, 0.25) is 0 Å². The average molecular weight is 197 g/mol. The van der Waals surface area contributed by atoms with Gasteiger partial charge in [-0.05, 0) is 6.92 Å². The monoisotopic (exact) mass is 197 g/mol. The van der Waals surface area contributed by atoms with E-state index in [1.807, 2.05) is 0 Å². The van der Waals surface area contributed by atoms with Crippen LogP contribution >= 0.6 is 0 Å². The minimum atomic E-state index is -0.577. The van der Waals surface area contributed by atoms with Gasteiger partial charge < -0.3 is 9.26 Å². The number of aromatic nitrogens is 1. The summed E-state index contributed by atoms with van der Waals surface area (Å²) < 4.78 is 9.37. The molecule has 0 N–H and O–H groups in total. The molecule has 0 saturated heterocycles. The molecule has 0 unspecified atom stereocenters. The normalized spacial score (nSPS) is 9.86. The number of Topliss-reactive ketones (excluding diaryl/α,β-unsaturated/α-hetero) is 1. The molecule has 0 spiro atoms. The fourth-order valence-corrected chi connectivity index (χ4v) is 0.882. The number of hydrogen-bond acceptors (Lipinski definition) is 5. The Morgan fingerprint density at radius 1 is 1.50 bits per heavy atom. The fraction of sp³-hybridized carbons (Fsp3) is 0.444. The molecular formula is C9H11NO4. The molecule has 76 valence electrons. The second-order valence-electron chi connectivity index (χ2n) is 2.57. The molecule has 1 aromatic heterocycles. The standard InChI is InChI=1S/C9H11NO4/c1-3-7(11)8-5-6(10-14-8)9(12)13-4-2/h5H,3-4H2,1-2H3. The minimum Gasteiger partial charge on any atom is -0.461 e. The van der Waals surface area contributed by atoms with Gasteiger partial charge in [0.25, 0.3) is 0 Å². The molecule has 1 aromatic rings. The van der Waals surface area contributed by atoms with Crippen LogP contribution in [0.4, 0.5) is 0 Å². The molecule has 1 rings (SSSR count). The molecule has 0 aliphatic heterocycles. The van der Waals surface area contributed by atoms with Gasteiger partial charge in [0.2, 0.25) is 11.5 Å². The predicted molar refractivity (Wildman–Crippen MR) is 47.1 cm³/mol. The van der Waals surface area contributed by atoms with E-state index in [9.17, 15) is 9.59 Å².